The van der Waals surface area contributed by atoms with Crippen LogP contribution >= 0.6 is 11.8 Å². The molecule has 0 aromatic heterocycles. The molecule has 46 heavy (non-hydrogen) atoms. The Morgan fingerprint density at radius 1 is 0.935 bits per heavy atom. The molecule has 1 heterocycles. The lowest BCUT2D eigenvalue weighted by molar-refractivity contribution is -0.268. The molecule has 0 spiro atoms. The van der Waals surface area contributed by atoms with Crippen molar-refractivity contribution in [1.82, 2.24) is 5.32 Å². The third-order valence-corrected chi connectivity index (χ3v) is 9.07. The van der Waals surface area contributed by atoms with Crippen LogP contribution in [-0.2, 0) is 27.4 Å². The summed E-state index contributed by atoms with van der Waals surface area (Å²) in [5.74, 6) is -0.476. The van der Waals surface area contributed by atoms with Crippen LogP contribution in [0.4, 0.5) is 4.79 Å². The number of carboxylic acid groups (broad SMARTS) is 1. The monoisotopic (exact) mass is 639 g/mol. The predicted octanol–water partition coefficient (Wildman–Crippen LogP) is 7.54. The Morgan fingerprint density at radius 3 is 2.35 bits per heavy atom. The Kier molecular flexibility index (Phi) is 11.3. The van der Waals surface area contributed by atoms with Gasteiger partial charge in [-0.1, -0.05) is 105 Å². The van der Waals surface area contributed by atoms with E-state index in [-0.39, 0.29) is 36.9 Å². The number of nitrogens with one attached hydrogen (secondary N) is 1. The molecule has 0 saturated carbocycles. The van der Waals surface area contributed by atoms with Gasteiger partial charge in [-0.15, -0.1) is 11.8 Å². The zero-order valence-electron chi connectivity index (χ0n) is 25.5. The third-order valence-electron chi connectivity index (χ3n) is 7.91. The highest BCUT2D eigenvalue weighted by atomic mass is 32.2. The summed E-state index contributed by atoms with van der Waals surface area (Å²) in [6.07, 6.45) is -0.195. The summed E-state index contributed by atoms with van der Waals surface area (Å²) in [5.41, 5.74) is 5.79. The van der Waals surface area contributed by atoms with Crippen LogP contribution in [-0.4, -0.2) is 40.7 Å². The fourth-order valence-corrected chi connectivity index (χ4v) is 6.59. The summed E-state index contributed by atoms with van der Waals surface area (Å²) < 4.78 is 18.2. The van der Waals surface area contributed by atoms with E-state index in [4.69, 9.17) is 14.2 Å². The van der Waals surface area contributed by atoms with E-state index in [2.05, 4.69) is 18.8 Å². The average Bonchev–Trinajstić information content (AvgIpc) is 3.09. The van der Waals surface area contributed by atoms with Crippen molar-refractivity contribution in [2.24, 2.45) is 5.92 Å². The third kappa shape index (κ3) is 8.05. The highest BCUT2D eigenvalue weighted by Gasteiger charge is 2.38. The van der Waals surface area contributed by atoms with Crippen molar-refractivity contribution < 1.29 is 34.0 Å². The largest absolute Gasteiger partial charge is 0.478 e. The minimum absolute atomic E-state index is 0.0414. The second-order valence-electron chi connectivity index (χ2n) is 11.0. The summed E-state index contributed by atoms with van der Waals surface area (Å²) >= 11 is 1.46. The van der Waals surface area contributed by atoms with Gasteiger partial charge in [0, 0.05) is 28.7 Å². The van der Waals surface area contributed by atoms with E-state index in [1.54, 1.807) is 12.1 Å². The molecule has 4 atom stereocenters. The fraction of sp³-hybridized carbons (Fsp3) is 0.243. The number of benzene rings is 4. The average molecular weight is 640 g/mol. The number of carbonyl (C=O) groups is 2. The molecule has 0 aliphatic carbocycles. The quantitative estimate of drug-likeness (QED) is 0.108. The number of aliphatic hydroxyl groups excluding tert-OH is 1. The number of aliphatic hydroxyl groups is 1. The van der Waals surface area contributed by atoms with Crippen LogP contribution in [0.2, 0.25) is 0 Å². The van der Waals surface area contributed by atoms with Crippen molar-refractivity contribution >= 4 is 23.8 Å². The maximum Gasteiger partial charge on any atom is 0.407 e. The number of carbonyl (C=O) groups excluding carboxylic acids is 1. The van der Waals surface area contributed by atoms with Crippen molar-refractivity contribution in [3.63, 3.8) is 0 Å². The normalized spacial score (nSPS) is 19.3. The Hall–Kier alpha value is -4.41. The van der Waals surface area contributed by atoms with Gasteiger partial charge in [0.25, 0.3) is 0 Å². The van der Waals surface area contributed by atoms with Gasteiger partial charge >= 0.3 is 12.1 Å². The molecule has 1 saturated heterocycles. The molecule has 4 aromatic carbocycles. The van der Waals surface area contributed by atoms with E-state index in [9.17, 15) is 19.8 Å². The van der Waals surface area contributed by atoms with Crippen molar-refractivity contribution in [2.45, 2.75) is 43.5 Å². The van der Waals surface area contributed by atoms with E-state index in [1.807, 2.05) is 84.9 Å². The maximum absolute atomic E-state index is 12.0. The smallest absolute Gasteiger partial charge is 0.407 e. The number of hydrogen-bond donors (Lipinski definition) is 3. The Labute approximate surface area is 273 Å². The van der Waals surface area contributed by atoms with Crippen molar-refractivity contribution in [3.05, 3.63) is 138 Å². The minimum Gasteiger partial charge on any atom is -0.478 e. The molecule has 9 heteroatoms. The minimum atomic E-state index is -0.964. The molecular formula is C37H37NO7S. The van der Waals surface area contributed by atoms with E-state index in [0.29, 0.717) is 17.2 Å². The molecule has 0 bridgehead atoms. The summed E-state index contributed by atoms with van der Waals surface area (Å²) in [7, 11) is 0. The van der Waals surface area contributed by atoms with Gasteiger partial charge in [-0.2, -0.15) is 0 Å². The summed E-state index contributed by atoms with van der Waals surface area (Å²) in [6.45, 7) is 6.05. The number of rotatable bonds is 12. The van der Waals surface area contributed by atoms with Crippen LogP contribution < -0.4 is 5.32 Å². The van der Waals surface area contributed by atoms with Gasteiger partial charge in [0.15, 0.2) is 6.29 Å². The number of amides is 1. The molecule has 1 amide bonds. The number of aromatic carboxylic acids is 1. The van der Waals surface area contributed by atoms with Gasteiger partial charge in [-0.25, -0.2) is 9.59 Å². The van der Waals surface area contributed by atoms with Gasteiger partial charge in [0.2, 0.25) is 0 Å². The van der Waals surface area contributed by atoms with E-state index < -0.39 is 18.4 Å². The molecule has 0 unspecified atom stereocenters. The molecule has 0 radical (unpaired) electrons. The second kappa shape index (κ2) is 15.7. The number of ether oxygens (including phenoxy) is 3. The van der Waals surface area contributed by atoms with Crippen LogP contribution in [0.15, 0.2) is 115 Å². The molecule has 3 N–H and O–H groups in total. The molecule has 1 aliphatic heterocycles. The van der Waals surface area contributed by atoms with Crippen LogP contribution in [0.1, 0.15) is 51.9 Å². The highest BCUT2D eigenvalue weighted by Crippen LogP contribution is 2.43. The van der Waals surface area contributed by atoms with Gasteiger partial charge in [-0.05, 0) is 39.9 Å². The summed E-state index contributed by atoms with van der Waals surface area (Å²) in [6, 6.07) is 30.5. The second-order valence-corrected chi connectivity index (χ2v) is 12.0. The lowest BCUT2D eigenvalue weighted by atomic mass is 9.91. The summed E-state index contributed by atoms with van der Waals surface area (Å²) in [4.78, 5) is 24.5. The van der Waals surface area contributed by atoms with Crippen molar-refractivity contribution in [2.75, 3.05) is 12.4 Å². The highest BCUT2D eigenvalue weighted by molar-refractivity contribution is 7.99. The van der Waals surface area contributed by atoms with E-state index >= 15 is 0 Å². The van der Waals surface area contributed by atoms with Crippen LogP contribution in [0.5, 0.6) is 0 Å². The van der Waals surface area contributed by atoms with Crippen LogP contribution in [0.25, 0.3) is 11.1 Å². The first-order chi connectivity index (χ1) is 22.4. The molecule has 4 aromatic rings. The van der Waals surface area contributed by atoms with Crippen molar-refractivity contribution in [3.8, 4) is 11.1 Å². The fourth-order valence-electron chi connectivity index (χ4n) is 5.38. The van der Waals surface area contributed by atoms with Crippen LogP contribution in [0, 0.1) is 5.92 Å². The topological polar surface area (TPSA) is 114 Å². The molecule has 8 nitrogen and oxygen atoms in total. The number of thioether (sulfide) groups is 1. The van der Waals surface area contributed by atoms with Gasteiger partial charge < -0.3 is 29.7 Å². The lowest BCUT2D eigenvalue weighted by Crippen LogP contribution is -2.38. The Balaban J connectivity index is 1.37. The zero-order chi connectivity index (χ0) is 32.5. The predicted molar refractivity (Wildman–Crippen MR) is 177 cm³/mol. The zero-order valence-corrected chi connectivity index (χ0v) is 26.3. The number of alkyl carbamates (subject to hydrolysis) is 1. The molecule has 238 valence electrons. The first-order valence-electron chi connectivity index (χ1n) is 15.0. The van der Waals surface area contributed by atoms with Crippen molar-refractivity contribution in [1.29, 1.82) is 0 Å². The Morgan fingerprint density at radius 2 is 1.63 bits per heavy atom. The number of hydrogen-bond acceptors (Lipinski definition) is 7. The molecular weight excluding hydrogens is 602 g/mol. The molecule has 5 rings (SSSR count). The SMILES string of the molecule is C=CCOC(=O)NCc1ccccc1-c1ccc([C@@H]2O[C@H](CSc3ccccc3C(=O)O)[C@H](C)[C@H](c3ccc(CO)cc3)O2)cc1. The van der Waals surface area contributed by atoms with Gasteiger partial charge in [0.05, 0.1) is 24.4 Å². The first-order valence-corrected chi connectivity index (χ1v) is 16.0. The van der Waals surface area contributed by atoms with E-state index in [0.717, 1.165) is 33.4 Å². The van der Waals surface area contributed by atoms with Gasteiger partial charge in [-0.3, -0.25) is 0 Å². The van der Waals surface area contributed by atoms with Gasteiger partial charge in [0.1, 0.15) is 6.61 Å². The standard InChI is InChI=1S/C37H37NO7S/c1-3-20-43-37(42)38-21-29-8-4-5-9-30(29)26-16-18-28(19-17-26)36-44-32(23-46-33-11-7-6-10-31(33)35(40)41)24(2)34(45-36)27-14-12-25(22-39)13-15-27/h3-19,24,32,34,36,39H,1,20-23H2,2H3,(H,38,42)(H,40,41)/t24-,32+,34+,36+/m0/s1. The first kappa shape index (κ1) is 33.0. The van der Waals surface area contributed by atoms with E-state index in [1.165, 1.54) is 17.8 Å². The Bertz CT molecular complexity index is 1640. The molecule has 1 aliphatic rings. The number of carboxylic acids is 1. The maximum atomic E-state index is 12.0. The van der Waals surface area contributed by atoms with Crippen LogP contribution in [0.3, 0.4) is 0 Å². The lowest BCUT2D eigenvalue weighted by Gasteiger charge is -2.41. The summed E-state index contributed by atoms with van der Waals surface area (Å²) in [5, 5.41) is 22.0. The molecule has 1 fully saturated rings.